The minimum atomic E-state index is 0.325. The van der Waals surface area contributed by atoms with Gasteiger partial charge in [0.25, 0.3) is 0 Å². The number of aromatic nitrogens is 2. The van der Waals surface area contributed by atoms with E-state index in [9.17, 15) is 0 Å². The smallest absolute Gasteiger partial charge is 0.228 e. The first-order chi connectivity index (χ1) is 9.80. The van der Waals surface area contributed by atoms with Crippen LogP contribution in [0.25, 0.3) is 0 Å². The molecule has 3 heterocycles. The van der Waals surface area contributed by atoms with Gasteiger partial charge in [0, 0.05) is 12.5 Å². The molecule has 0 aromatic carbocycles. The maximum Gasteiger partial charge on any atom is 0.228 e. The van der Waals surface area contributed by atoms with E-state index in [-0.39, 0.29) is 0 Å². The van der Waals surface area contributed by atoms with E-state index in [0.717, 1.165) is 50.4 Å². The van der Waals surface area contributed by atoms with Crippen molar-refractivity contribution in [2.24, 2.45) is 0 Å². The van der Waals surface area contributed by atoms with Crippen molar-refractivity contribution in [1.29, 1.82) is 0 Å². The lowest BCUT2D eigenvalue weighted by Crippen LogP contribution is -2.31. The van der Waals surface area contributed by atoms with Crippen molar-refractivity contribution in [2.75, 3.05) is 6.54 Å². The highest BCUT2D eigenvalue weighted by Gasteiger charge is 2.43. The lowest BCUT2D eigenvalue weighted by atomic mass is 9.89. The normalized spacial score (nSPS) is 30.0. The van der Waals surface area contributed by atoms with Crippen LogP contribution in [0.3, 0.4) is 0 Å². The molecule has 0 radical (unpaired) electrons. The molecule has 5 nitrogen and oxygen atoms in total. The Kier molecular flexibility index (Phi) is 4.36. The van der Waals surface area contributed by atoms with E-state index in [4.69, 9.17) is 9.26 Å². The summed E-state index contributed by atoms with van der Waals surface area (Å²) in [6.07, 6.45) is 7.22. The molecule has 2 fully saturated rings. The van der Waals surface area contributed by atoms with E-state index in [1.165, 1.54) is 6.42 Å². The Labute approximate surface area is 120 Å². The highest BCUT2D eigenvalue weighted by molar-refractivity contribution is 5.07. The zero-order valence-corrected chi connectivity index (χ0v) is 12.5. The molecule has 4 unspecified atom stereocenters. The lowest BCUT2D eigenvalue weighted by Gasteiger charge is -2.14. The summed E-state index contributed by atoms with van der Waals surface area (Å²) in [4.78, 5) is 4.61. The van der Waals surface area contributed by atoms with Gasteiger partial charge < -0.3 is 14.6 Å². The SMILES string of the molecule is CCCNC(CC)Cc1nc(C2CC3CCC2O3)no1. The number of hydrogen-bond donors (Lipinski definition) is 1. The fraction of sp³-hybridized carbons (Fsp3) is 0.867. The van der Waals surface area contributed by atoms with Crippen LogP contribution in [0, 0.1) is 0 Å². The van der Waals surface area contributed by atoms with Gasteiger partial charge in [-0.15, -0.1) is 0 Å². The average Bonchev–Trinajstić information content (AvgIpc) is 3.18. The third-order valence-corrected chi connectivity index (χ3v) is 4.52. The maximum atomic E-state index is 5.87. The third kappa shape index (κ3) is 2.88. The van der Waals surface area contributed by atoms with Crippen LogP contribution in [0.5, 0.6) is 0 Å². The summed E-state index contributed by atoms with van der Waals surface area (Å²) in [6.45, 7) is 5.41. The van der Waals surface area contributed by atoms with Gasteiger partial charge in [0.05, 0.1) is 18.1 Å². The van der Waals surface area contributed by atoms with Crippen LogP contribution < -0.4 is 5.32 Å². The number of hydrogen-bond acceptors (Lipinski definition) is 5. The molecule has 2 bridgehead atoms. The molecule has 2 saturated heterocycles. The molecule has 4 atom stereocenters. The Morgan fingerprint density at radius 2 is 2.25 bits per heavy atom. The predicted molar refractivity (Wildman–Crippen MR) is 75.6 cm³/mol. The number of nitrogens with zero attached hydrogens (tertiary/aromatic N) is 2. The van der Waals surface area contributed by atoms with Crippen molar-refractivity contribution in [1.82, 2.24) is 15.5 Å². The van der Waals surface area contributed by atoms with Gasteiger partial charge in [-0.2, -0.15) is 4.98 Å². The van der Waals surface area contributed by atoms with Crippen LogP contribution in [0.2, 0.25) is 0 Å². The second kappa shape index (κ2) is 6.22. The van der Waals surface area contributed by atoms with Crippen LogP contribution >= 0.6 is 0 Å². The van der Waals surface area contributed by atoms with Gasteiger partial charge in [0.15, 0.2) is 5.82 Å². The monoisotopic (exact) mass is 279 g/mol. The topological polar surface area (TPSA) is 60.2 Å². The molecule has 3 rings (SSSR count). The van der Waals surface area contributed by atoms with Crippen molar-refractivity contribution in [2.45, 2.75) is 76.5 Å². The molecular weight excluding hydrogens is 254 g/mol. The van der Waals surface area contributed by atoms with Gasteiger partial charge in [-0.25, -0.2) is 0 Å². The zero-order chi connectivity index (χ0) is 13.9. The Bertz CT molecular complexity index is 435. The van der Waals surface area contributed by atoms with E-state index in [1.54, 1.807) is 0 Å². The van der Waals surface area contributed by atoms with Crippen LogP contribution in [0.15, 0.2) is 4.52 Å². The largest absolute Gasteiger partial charge is 0.374 e. The van der Waals surface area contributed by atoms with Crippen LogP contribution in [-0.4, -0.2) is 34.9 Å². The number of ether oxygens (including phenoxy) is 1. The van der Waals surface area contributed by atoms with Crippen molar-refractivity contribution < 1.29 is 9.26 Å². The summed E-state index contributed by atoms with van der Waals surface area (Å²) in [6, 6.07) is 0.430. The number of nitrogens with one attached hydrogen (secondary N) is 1. The summed E-state index contributed by atoms with van der Waals surface area (Å²) >= 11 is 0. The van der Waals surface area contributed by atoms with E-state index in [1.807, 2.05) is 0 Å². The molecule has 0 aliphatic carbocycles. The first-order valence-corrected chi connectivity index (χ1v) is 8.01. The lowest BCUT2D eigenvalue weighted by molar-refractivity contribution is 0.0996. The fourth-order valence-corrected chi connectivity index (χ4v) is 3.33. The molecule has 0 amide bonds. The van der Waals surface area contributed by atoms with Crippen LogP contribution in [-0.2, 0) is 11.2 Å². The molecule has 0 saturated carbocycles. The quantitative estimate of drug-likeness (QED) is 0.830. The number of fused-ring (bicyclic) bond motifs is 2. The fourth-order valence-electron chi connectivity index (χ4n) is 3.33. The van der Waals surface area contributed by atoms with E-state index >= 15 is 0 Å². The molecule has 20 heavy (non-hydrogen) atoms. The maximum absolute atomic E-state index is 5.87. The second-order valence-electron chi connectivity index (χ2n) is 6.03. The van der Waals surface area contributed by atoms with E-state index < -0.39 is 0 Å². The van der Waals surface area contributed by atoms with Crippen molar-refractivity contribution >= 4 is 0 Å². The zero-order valence-electron chi connectivity index (χ0n) is 12.5. The third-order valence-electron chi connectivity index (χ3n) is 4.52. The standard InChI is InChI=1S/C15H25N3O2/c1-3-7-16-10(4-2)8-14-17-15(18-20-14)12-9-11-5-6-13(12)19-11/h10-13,16H,3-9H2,1-2H3. The molecular formula is C15H25N3O2. The summed E-state index contributed by atoms with van der Waals surface area (Å²) in [5.41, 5.74) is 0. The van der Waals surface area contributed by atoms with Gasteiger partial charge in [-0.3, -0.25) is 0 Å². The van der Waals surface area contributed by atoms with Crippen molar-refractivity contribution in [3.05, 3.63) is 11.7 Å². The highest BCUT2D eigenvalue weighted by Crippen LogP contribution is 2.43. The highest BCUT2D eigenvalue weighted by atomic mass is 16.5. The molecule has 1 aromatic rings. The molecule has 1 N–H and O–H groups in total. The molecule has 2 aliphatic heterocycles. The first kappa shape index (κ1) is 14.0. The summed E-state index contributed by atoms with van der Waals surface area (Å²) in [5.74, 6) is 1.98. The van der Waals surface area contributed by atoms with Crippen LogP contribution in [0.4, 0.5) is 0 Å². The van der Waals surface area contributed by atoms with E-state index in [2.05, 4.69) is 29.3 Å². The van der Waals surface area contributed by atoms with Gasteiger partial charge in [-0.05, 0) is 38.6 Å². The van der Waals surface area contributed by atoms with Gasteiger partial charge in [0.2, 0.25) is 5.89 Å². The molecule has 5 heteroatoms. The second-order valence-corrected chi connectivity index (χ2v) is 6.03. The number of rotatable bonds is 7. The molecule has 2 aliphatic rings. The summed E-state index contributed by atoms with van der Waals surface area (Å²) in [7, 11) is 0. The van der Waals surface area contributed by atoms with Gasteiger partial charge in [0.1, 0.15) is 0 Å². The molecule has 1 aromatic heterocycles. The Morgan fingerprint density at radius 3 is 2.90 bits per heavy atom. The van der Waals surface area contributed by atoms with Gasteiger partial charge >= 0.3 is 0 Å². The van der Waals surface area contributed by atoms with Crippen molar-refractivity contribution in [3.63, 3.8) is 0 Å². The minimum Gasteiger partial charge on any atom is -0.374 e. The Hall–Kier alpha value is -0.940. The Balaban J connectivity index is 1.59. The first-order valence-electron chi connectivity index (χ1n) is 8.01. The average molecular weight is 279 g/mol. The summed E-state index contributed by atoms with van der Waals surface area (Å²) < 4.78 is 11.3. The summed E-state index contributed by atoms with van der Waals surface area (Å²) in [5, 5.41) is 7.71. The van der Waals surface area contributed by atoms with Crippen LogP contribution in [0.1, 0.15) is 63.6 Å². The van der Waals surface area contributed by atoms with E-state index in [0.29, 0.717) is 24.2 Å². The Morgan fingerprint density at radius 1 is 1.35 bits per heavy atom. The van der Waals surface area contributed by atoms with Gasteiger partial charge in [-0.1, -0.05) is 19.0 Å². The predicted octanol–water partition coefficient (Wildman–Crippen LogP) is 2.43. The molecule has 0 spiro atoms. The van der Waals surface area contributed by atoms with Crippen molar-refractivity contribution in [3.8, 4) is 0 Å². The minimum absolute atomic E-state index is 0.325. The molecule has 112 valence electrons.